The van der Waals surface area contributed by atoms with E-state index in [1.54, 1.807) is 0 Å². The molecule has 0 bridgehead atoms. The van der Waals surface area contributed by atoms with E-state index in [0.29, 0.717) is 6.04 Å². The second kappa shape index (κ2) is 5.72. The maximum Gasteiger partial charge on any atom is 0.0805 e. The van der Waals surface area contributed by atoms with E-state index in [4.69, 9.17) is 0 Å². The molecule has 0 saturated carbocycles. The van der Waals surface area contributed by atoms with Gasteiger partial charge in [-0.15, -0.1) is 0 Å². The number of aliphatic hydroxyl groups excluding tert-OH is 1. The van der Waals surface area contributed by atoms with Gasteiger partial charge in [0.1, 0.15) is 0 Å². The number of aliphatic hydroxyl groups is 1. The highest BCUT2D eigenvalue weighted by Gasteiger charge is 2.18. The van der Waals surface area contributed by atoms with Crippen molar-refractivity contribution in [2.24, 2.45) is 0 Å². The Balaban J connectivity index is 1.75. The lowest BCUT2D eigenvalue weighted by Crippen LogP contribution is -2.35. The Hall–Kier alpha value is -1.38. The molecule has 2 nitrogen and oxygen atoms in total. The van der Waals surface area contributed by atoms with Crippen molar-refractivity contribution in [3.05, 3.63) is 48.0 Å². The highest BCUT2D eigenvalue weighted by Crippen LogP contribution is 2.25. The van der Waals surface area contributed by atoms with Gasteiger partial charge in [-0.3, -0.25) is 0 Å². The molecule has 2 heteroatoms. The van der Waals surface area contributed by atoms with E-state index in [1.807, 2.05) is 12.1 Å². The summed E-state index contributed by atoms with van der Waals surface area (Å²) >= 11 is 0. The number of rotatable bonds is 3. The van der Waals surface area contributed by atoms with Crippen molar-refractivity contribution < 1.29 is 5.11 Å². The van der Waals surface area contributed by atoms with Crippen molar-refractivity contribution in [3.8, 4) is 0 Å². The minimum Gasteiger partial charge on any atom is -0.388 e. The van der Waals surface area contributed by atoms with Crippen molar-refractivity contribution in [1.82, 2.24) is 5.32 Å². The van der Waals surface area contributed by atoms with E-state index >= 15 is 0 Å². The van der Waals surface area contributed by atoms with E-state index < -0.39 is 0 Å². The molecule has 1 fully saturated rings. The Morgan fingerprint density at radius 2 is 1.95 bits per heavy atom. The molecular formula is C17H21NO. The molecule has 2 aromatic carbocycles. The summed E-state index contributed by atoms with van der Waals surface area (Å²) in [6.45, 7) is 1.09. The Morgan fingerprint density at radius 3 is 2.74 bits per heavy atom. The summed E-state index contributed by atoms with van der Waals surface area (Å²) in [5, 5.41) is 16.3. The van der Waals surface area contributed by atoms with Crippen LogP contribution in [0.15, 0.2) is 42.5 Å². The summed E-state index contributed by atoms with van der Waals surface area (Å²) in [6.07, 6.45) is 4.19. The molecule has 19 heavy (non-hydrogen) atoms. The Kier molecular flexibility index (Phi) is 3.81. The Labute approximate surface area is 114 Å². The minimum absolute atomic E-state index is 0.361. The van der Waals surface area contributed by atoms with Gasteiger partial charge in [0.05, 0.1) is 6.10 Å². The van der Waals surface area contributed by atoms with Crippen molar-refractivity contribution in [2.45, 2.75) is 37.8 Å². The van der Waals surface area contributed by atoms with E-state index in [1.165, 1.54) is 30.0 Å². The van der Waals surface area contributed by atoms with Gasteiger partial charge in [0.25, 0.3) is 0 Å². The van der Waals surface area contributed by atoms with Crippen LogP contribution in [-0.2, 0) is 0 Å². The molecule has 1 saturated heterocycles. The zero-order valence-electron chi connectivity index (χ0n) is 11.2. The van der Waals surface area contributed by atoms with Gasteiger partial charge in [-0.2, -0.15) is 0 Å². The van der Waals surface area contributed by atoms with E-state index in [-0.39, 0.29) is 6.10 Å². The summed E-state index contributed by atoms with van der Waals surface area (Å²) in [6, 6.07) is 15.0. The van der Waals surface area contributed by atoms with Gasteiger partial charge in [-0.05, 0) is 48.2 Å². The fourth-order valence-electron chi connectivity index (χ4n) is 2.95. The minimum atomic E-state index is -0.361. The molecule has 1 heterocycles. The number of piperidine rings is 1. The second-order valence-electron chi connectivity index (χ2n) is 5.50. The summed E-state index contributed by atoms with van der Waals surface area (Å²) in [7, 11) is 0. The lowest BCUT2D eigenvalue weighted by Gasteiger charge is -2.25. The number of hydrogen-bond donors (Lipinski definition) is 2. The molecule has 0 aromatic heterocycles. The quantitative estimate of drug-likeness (QED) is 0.881. The normalized spacial score (nSPS) is 21.4. The van der Waals surface area contributed by atoms with E-state index in [0.717, 1.165) is 18.5 Å². The molecule has 2 unspecified atom stereocenters. The Bertz CT molecular complexity index is 546. The first kappa shape index (κ1) is 12.6. The van der Waals surface area contributed by atoms with Gasteiger partial charge in [-0.25, -0.2) is 0 Å². The number of benzene rings is 2. The lowest BCUT2D eigenvalue weighted by molar-refractivity contribution is 0.145. The number of fused-ring (bicyclic) bond motifs is 1. The van der Waals surface area contributed by atoms with E-state index in [2.05, 4.69) is 35.6 Å². The van der Waals surface area contributed by atoms with Crippen LogP contribution in [0.4, 0.5) is 0 Å². The monoisotopic (exact) mass is 255 g/mol. The molecule has 100 valence electrons. The second-order valence-corrected chi connectivity index (χ2v) is 5.50. The van der Waals surface area contributed by atoms with Gasteiger partial charge in [0, 0.05) is 6.04 Å². The molecule has 2 N–H and O–H groups in total. The van der Waals surface area contributed by atoms with Gasteiger partial charge in [0.15, 0.2) is 0 Å². The van der Waals surface area contributed by atoms with Crippen LogP contribution in [-0.4, -0.2) is 17.7 Å². The summed E-state index contributed by atoms with van der Waals surface area (Å²) in [5.74, 6) is 0. The molecule has 3 rings (SSSR count). The van der Waals surface area contributed by atoms with Gasteiger partial charge >= 0.3 is 0 Å². The third kappa shape index (κ3) is 2.96. The molecule has 1 aliphatic heterocycles. The van der Waals surface area contributed by atoms with Crippen LogP contribution in [0.3, 0.4) is 0 Å². The van der Waals surface area contributed by atoms with Crippen LogP contribution in [0, 0.1) is 0 Å². The zero-order valence-corrected chi connectivity index (χ0v) is 11.2. The average Bonchev–Trinajstić information content (AvgIpc) is 2.48. The van der Waals surface area contributed by atoms with Gasteiger partial charge in [-0.1, -0.05) is 42.8 Å². The van der Waals surface area contributed by atoms with Gasteiger partial charge < -0.3 is 10.4 Å². The first-order valence-electron chi connectivity index (χ1n) is 7.23. The summed E-state index contributed by atoms with van der Waals surface area (Å²) in [5.41, 5.74) is 1.03. The Morgan fingerprint density at radius 1 is 1.11 bits per heavy atom. The van der Waals surface area contributed by atoms with Crippen molar-refractivity contribution in [1.29, 1.82) is 0 Å². The molecule has 2 aromatic rings. The average molecular weight is 255 g/mol. The molecule has 2 atom stereocenters. The lowest BCUT2D eigenvalue weighted by atomic mass is 9.95. The van der Waals surface area contributed by atoms with Crippen molar-refractivity contribution in [2.75, 3.05) is 6.54 Å². The summed E-state index contributed by atoms with van der Waals surface area (Å²) < 4.78 is 0. The highest BCUT2D eigenvalue weighted by molar-refractivity contribution is 5.83. The SMILES string of the molecule is OC(CC1CCCCN1)c1ccc2ccccc2c1. The molecule has 0 aliphatic carbocycles. The fourth-order valence-corrected chi connectivity index (χ4v) is 2.95. The molecule has 0 radical (unpaired) electrons. The highest BCUT2D eigenvalue weighted by atomic mass is 16.3. The predicted molar refractivity (Wildman–Crippen MR) is 79.2 cm³/mol. The fraction of sp³-hybridized carbons (Fsp3) is 0.412. The number of nitrogens with one attached hydrogen (secondary N) is 1. The largest absolute Gasteiger partial charge is 0.388 e. The molecule has 1 aliphatic rings. The first-order chi connectivity index (χ1) is 9.33. The van der Waals surface area contributed by atoms with Crippen LogP contribution in [0.25, 0.3) is 10.8 Å². The molecular weight excluding hydrogens is 234 g/mol. The van der Waals surface area contributed by atoms with Crippen LogP contribution in [0.2, 0.25) is 0 Å². The van der Waals surface area contributed by atoms with Crippen molar-refractivity contribution >= 4 is 10.8 Å². The molecule has 0 spiro atoms. The summed E-state index contributed by atoms with van der Waals surface area (Å²) in [4.78, 5) is 0. The smallest absolute Gasteiger partial charge is 0.0805 e. The standard InChI is InChI=1S/C17H21NO/c19-17(12-16-7-3-4-10-18-16)15-9-8-13-5-1-2-6-14(13)11-15/h1-2,5-6,8-9,11,16-19H,3-4,7,10,12H2. The van der Waals surface area contributed by atoms with Crippen LogP contribution in [0.5, 0.6) is 0 Å². The number of hydrogen-bond acceptors (Lipinski definition) is 2. The maximum atomic E-state index is 10.4. The van der Waals surface area contributed by atoms with Crippen molar-refractivity contribution in [3.63, 3.8) is 0 Å². The van der Waals surface area contributed by atoms with Gasteiger partial charge in [0.2, 0.25) is 0 Å². The van der Waals surface area contributed by atoms with Crippen LogP contribution < -0.4 is 5.32 Å². The van der Waals surface area contributed by atoms with Crippen LogP contribution in [0.1, 0.15) is 37.4 Å². The third-order valence-electron chi connectivity index (χ3n) is 4.08. The maximum absolute atomic E-state index is 10.4. The topological polar surface area (TPSA) is 32.3 Å². The zero-order chi connectivity index (χ0) is 13.1. The van der Waals surface area contributed by atoms with E-state index in [9.17, 15) is 5.11 Å². The third-order valence-corrected chi connectivity index (χ3v) is 4.08. The molecule has 0 amide bonds. The predicted octanol–water partition coefficient (Wildman–Crippen LogP) is 3.41. The van der Waals surface area contributed by atoms with Crippen LogP contribution >= 0.6 is 0 Å². The first-order valence-corrected chi connectivity index (χ1v) is 7.23.